The smallest absolute Gasteiger partial charge is 0.341 e. The Bertz CT molecular complexity index is 921. The topological polar surface area (TPSA) is 73.9 Å². The van der Waals surface area contributed by atoms with Gasteiger partial charge in [-0.25, -0.2) is 4.79 Å². The highest BCUT2D eigenvalue weighted by molar-refractivity contribution is 7.16. The number of carbonyl (C=O) groups excluding carboxylic acids is 2. The molecule has 0 radical (unpaired) electrons. The highest BCUT2D eigenvalue weighted by atomic mass is 32.1. The number of amides is 1. The molecule has 0 fully saturated rings. The van der Waals surface area contributed by atoms with E-state index in [4.69, 9.17) is 14.2 Å². The summed E-state index contributed by atoms with van der Waals surface area (Å²) in [6.45, 7) is 8.29. The van der Waals surface area contributed by atoms with Gasteiger partial charge in [0.25, 0.3) is 5.91 Å². The third kappa shape index (κ3) is 6.34. The number of ether oxygens (including phenoxy) is 3. The first-order chi connectivity index (χ1) is 14.8. The van der Waals surface area contributed by atoms with E-state index in [1.165, 1.54) is 31.1 Å². The number of thiophene rings is 1. The lowest BCUT2D eigenvalue weighted by atomic mass is 10.0. The number of methoxy groups -OCH3 is 2. The van der Waals surface area contributed by atoms with Crippen molar-refractivity contribution >= 4 is 28.2 Å². The third-order valence-corrected chi connectivity index (χ3v) is 6.05. The van der Waals surface area contributed by atoms with Crippen LogP contribution in [0.25, 0.3) is 0 Å². The molecule has 1 heterocycles. The summed E-state index contributed by atoms with van der Waals surface area (Å²) >= 11 is 1.40. The number of hydrogen-bond acceptors (Lipinski definition) is 6. The van der Waals surface area contributed by atoms with Gasteiger partial charge in [0.15, 0.2) is 0 Å². The van der Waals surface area contributed by atoms with Crippen molar-refractivity contribution in [2.75, 3.05) is 26.1 Å². The van der Waals surface area contributed by atoms with Crippen LogP contribution in [-0.4, -0.2) is 32.7 Å². The molecule has 2 rings (SSSR count). The number of allylic oxidation sites excluding steroid dienone is 2. The van der Waals surface area contributed by atoms with Gasteiger partial charge in [-0.05, 0) is 57.7 Å². The van der Waals surface area contributed by atoms with Gasteiger partial charge in [0.1, 0.15) is 22.1 Å². The third-order valence-electron chi connectivity index (χ3n) is 4.77. The van der Waals surface area contributed by atoms with Crippen LogP contribution in [0.5, 0.6) is 11.5 Å². The number of hydrogen-bond donors (Lipinski definition) is 1. The van der Waals surface area contributed by atoms with Crippen LogP contribution in [0.4, 0.5) is 5.00 Å². The minimum absolute atomic E-state index is 0.236. The molecule has 0 aliphatic rings. The minimum atomic E-state index is -0.455. The molecule has 6 nitrogen and oxygen atoms in total. The summed E-state index contributed by atoms with van der Waals surface area (Å²) in [4.78, 5) is 26.7. The van der Waals surface area contributed by atoms with Gasteiger partial charge in [-0.15, -0.1) is 11.3 Å². The molecule has 0 bridgehead atoms. The summed E-state index contributed by atoms with van der Waals surface area (Å²) in [6, 6.07) is 6.95. The maximum absolute atomic E-state index is 13.1. The van der Waals surface area contributed by atoms with E-state index in [-0.39, 0.29) is 18.1 Å². The van der Waals surface area contributed by atoms with E-state index in [0.29, 0.717) is 22.1 Å². The van der Waals surface area contributed by atoms with Crippen LogP contribution in [0.1, 0.15) is 72.0 Å². The lowest BCUT2D eigenvalue weighted by molar-refractivity contribution is 0.0528. The van der Waals surface area contributed by atoms with Crippen molar-refractivity contribution in [3.8, 4) is 11.5 Å². The normalized spacial score (nSPS) is 11.4. The Balaban J connectivity index is 2.36. The first kappa shape index (κ1) is 24.5. The SMILES string of the molecule is CCOC(=O)c1cc([C@@H](C)CCC=C(C)C)sc1NC(=O)c1c(OC)cccc1OC. The second-order valence-corrected chi connectivity index (χ2v) is 8.45. The van der Waals surface area contributed by atoms with Crippen LogP contribution < -0.4 is 14.8 Å². The van der Waals surface area contributed by atoms with E-state index in [2.05, 4.69) is 32.2 Å². The number of carbonyl (C=O) groups is 2. The second-order valence-electron chi connectivity index (χ2n) is 7.36. The predicted molar refractivity (Wildman–Crippen MR) is 125 cm³/mol. The number of esters is 1. The number of anilines is 1. The Morgan fingerprint density at radius 3 is 2.35 bits per heavy atom. The predicted octanol–water partition coefficient (Wildman–Crippen LogP) is 6.04. The van der Waals surface area contributed by atoms with E-state index in [0.717, 1.165) is 17.7 Å². The molecule has 0 unspecified atom stereocenters. The van der Waals surface area contributed by atoms with E-state index in [1.807, 2.05) is 6.07 Å². The molecule has 7 heteroatoms. The first-order valence-electron chi connectivity index (χ1n) is 10.3. The quantitative estimate of drug-likeness (QED) is 0.356. The van der Waals surface area contributed by atoms with Gasteiger partial charge in [-0.3, -0.25) is 4.79 Å². The van der Waals surface area contributed by atoms with Gasteiger partial charge in [0.2, 0.25) is 0 Å². The average Bonchev–Trinajstić information content (AvgIpc) is 3.16. The van der Waals surface area contributed by atoms with E-state index >= 15 is 0 Å². The van der Waals surface area contributed by atoms with Crippen molar-refractivity contribution in [2.24, 2.45) is 0 Å². The number of benzene rings is 1. The zero-order chi connectivity index (χ0) is 23.0. The minimum Gasteiger partial charge on any atom is -0.496 e. The number of rotatable bonds is 10. The van der Waals surface area contributed by atoms with Crippen LogP contribution in [0.2, 0.25) is 0 Å². The summed E-state index contributed by atoms with van der Waals surface area (Å²) in [7, 11) is 2.99. The van der Waals surface area contributed by atoms with Crippen molar-refractivity contribution < 1.29 is 23.8 Å². The summed E-state index contributed by atoms with van der Waals surface area (Å²) in [5.74, 6) is 0.150. The summed E-state index contributed by atoms with van der Waals surface area (Å²) in [5.41, 5.74) is 1.91. The summed E-state index contributed by atoms with van der Waals surface area (Å²) < 4.78 is 15.9. The van der Waals surface area contributed by atoms with Crippen LogP contribution in [0.15, 0.2) is 35.9 Å². The van der Waals surface area contributed by atoms with Crippen molar-refractivity contribution in [1.29, 1.82) is 0 Å². The molecular formula is C24H31NO5S. The molecule has 1 atom stereocenters. The van der Waals surface area contributed by atoms with E-state index in [9.17, 15) is 9.59 Å². The molecule has 31 heavy (non-hydrogen) atoms. The summed E-state index contributed by atoms with van der Waals surface area (Å²) in [6.07, 6.45) is 4.10. The van der Waals surface area contributed by atoms with Gasteiger partial charge < -0.3 is 19.5 Å². The zero-order valence-corrected chi connectivity index (χ0v) is 19.9. The molecule has 0 saturated heterocycles. The molecular weight excluding hydrogens is 414 g/mol. The van der Waals surface area contributed by atoms with Crippen LogP contribution in [0, 0.1) is 0 Å². The highest BCUT2D eigenvalue weighted by Gasteiger charge is 2.24. The Morgan fingerprint density at radius 2 is 1.81 bits per heavy atom. The molecule has 1 amide bonds. The second kappa shape index (κ2) is 11.6. The van der Waals surface area contributed by atoms with Gasteiger partial charge >= 0.3 is 5.97 Å². The highest BCUT2D eigenvalue weighted by Crippen LogP contribution is 2.37. The maximum atomic E-state index is 13.1. The molecule has 168 valence electrons. The van der Waals surface area contributed by atoms with Crippen molar-refractivity contribution in [2.45, 2.75) is 46.5 Å². The summed E-state index contributed by atoms with van der Waals surface area (Å²) in [5, 5.41) is 3.33. The molecule has 0 aliphatic carbocycles. The molecule has 1 aromatic heterocycles. The van der Waals surface area contributed by atoms with Gasteiger partial charge in [-0.1, -0.05) is 24.6 Å². The van der Waals surface area contributed by atoms with Gasteiger partial charge in [-0.2, -0.15) is 0 Å². The zero-order valence-electron chi connectivity index (χ0n) is 19.0. The molecule has 0 saturated carbocycles. The lowest BCUT2D eigenvalue weighted by Gasteiger charge is -2.13. The Hall–Kier alpha value is -2.80. The molecule has 2 aromatic rings. The van der Waals surface area contributed by atoms with Crippen molar-refractivity contribution in [3.05, 3.63) is 51.9 Å². The monoisotopic (exact) mass is 445 g/mol. The van der Waals surface area contributed by atoms with Crippen LogP contribution in [0.3, 0.4) is 0 Å². The van der Waals surface area contributed by atoms with E-state index < -0.39 is 11.9 Å². The van der Waals surface area contributed by atoms with Crippen molar-refractivity contribution in [3.63, 3.8) is 0 Å². The van der Waals surface area contributed by atoms with Crippen LogP contribution in [-0.2, 0) is 4.74 Å². The molecule has 0 spiro atoms. The van der Waals surface area contributed by atoms with Crippen LogP contribution >= 0.6 is 11.3 Å². The fourth-order valence-corrected chi connectivity index (χ4v) is 4.24. The molecule has 0 aliphatic heterocycles. The van der Waals surface area contributed by atoms with E-state index in [1.54, 1.807) is 25.1 Å². The van der Waals surface area contributed by atoms with Gasteiger partial charge in [0, 0.05) is 4.88 Å². The standard InChI is InChI=1S/C24H31NO5S/c1-7-30-24(27)17-14-20(16(4)11-8-10-15(2)3)31-23(17)25-22(26)21-18(28-5)12-9-13-19(21)29-6/h9-10,12-14,16H,7-8,11H2,1-6H3,(H,25,26)/t16-/m0/s1. The fourth-order valence-electron chi connectivity index (χ4n) is 3.11. The Labute approximate surface area is 188 Å². The number of nitrogens with one attached hydrogen (secondary N) is 1. The van der Waals surface area contributed by atoms with Crippen molar-refractivity contribution in [1.82, 2.24) is 0 Å². The first-order valence-corrected chi connectivity index (χ1v) is 11.1. The van der Waals surface area contributed by atoms with Gasteiger partial charge in [0.05, 0.1) is 26.4 Å². The average molecular weight is 446 g/mol. The molecule has 1 N–H and O–H groups in total. The largest absolute Gasteiger partial charge is 0.496 e. The fraction of sp³-hybridized carbons (Fsp3) is 0.417. The lowest BCUT2D eigenvalue weighted by Crippen LogP contribution is -2.16. The maximum Gasteiger partial charge on any atom is 0.341 e. The Morgan fingerprint density at radius 1 is 1.16 bits per heavy atom. The Kier molecular flexibility index (Phi) is 9.12. The molecule has 1 aromatic carbocycles.